The lowest BCUT2D eigenvalue weighted by Crippen LogP contribution is -2.47. The van der Waals surface area contributed by atoms with Crippen molar-refractivity contribution in [2.45, 2.75) is 39.0 Å². The van der Waals surface area contributed by atoms with Gasteiger partial charge in [0.15, 0.2) is 5.58 Å². The second-order valence-corrected chi connectivity index (χ2v) is 7.80. The molecule has 1 N–H and O–H groups in total. The van der Waals surface area contributed by atoms with Gasteiger partial charge in [0.05, 0.1) is 5.52 Å². The smallest absolute Gasteiger partial charge is 0.408 e. The highest BCUT2D eigenvalue weighted by atomic mass is 16.4. The molecule has 2 aromatic carbocycles. The number of aromatic amines is 1. The van der Waals surface area contributed by atoms with E-state index >= 15 is 0 Å². The van der Waals surface area contributed by atoms with Crippen LogP contribution in [0.2, 0.25) is 0 Å². The van der Waals surface area contributed by atoms with Gasteiger partial charge in [-0.25, -0.2) is 4.79 Å². The molecule has 0 atom stereocenters. The number of H-pyrrole nitrogens is 1. The summed E-state index contributed by atoms with van der Waals surface area (Å²) in [4.78, 5) is 16.5. The van der Waals surface area contributed by atoms with Gasteiger partial charge in [0.1, 0.15) is 0 Å². The van der Waals surface area contributed by atoms with Crippen molar-refractivity contribution in [3.8, 4) is 0 Å². The lowest BCUT2D eigenvalue weighted by Gasteiger charge is -2.39. The minimum Gasteiger partial charge on any atom is -0.408 e. The molecular weight excluding hydrogens is 336 g/mol. The predicted molar refractivity (Wildman–Crippen MR) is 109 cm³/mol. The minimum atomic E-state index is -0.377. The number of hydrogen-bond donors (Lipinski definition) is 1. The zero-order chi connectivity index (χ0) is 18.6. The van der Waals surface area contributed by atoms with Crippen molar-refractivity contribution in [2.75, 3.05) is 19.6 Å². The van der Waals surface area contributed by atoms with Crippen molar-refractivity contribution < 1.29 is 4.42 Å². The largest absolute Gasteiger partial charge is 0.417 e. The van der Waals surface area contributed by atoms with E-state index in [1.807, 2.05) is 12.1 Å². The summed E-state index contributed by atoms with van der Waals surface area (Å²) in [5.74, 6) is 0.348. The Labute approximate surface area is 160 Å². The number of unbranched alkanes of at least 4 members (excludes halogenated alkanes) is 1. The number of benzene rings is 2. The molecule has 2 heterocycles. The Kier molecular flexibility index (Phi) is 5.44. The van der Waals surface area contributed by atoms with Crippen molar-refractivity contribution in [2.24, 2.45) is 5.92 Å². The number of likely N-dealkylation sites (tertiary alicyclic amines) is 1. The standard InChI is InChI=1S/C23H28N2O2/c1-2-17-6-8-18(9-7-17)5-3-4-12-25-15-20(16-25)13-19-10-11-22-21(14-19)24-23(26)27-22/h6-11,14,20H,2-5,12-13,15-16H2,1H3,(H,24,26). The first-order valence-electron chi connectivity index (χ1n) is 10.1. The quantitative estimate of drug-likeness (QED) is 0.610. The van der Waals surface area contributed by atoms with Crippen LogP contribution >= 0.6 is 0 Å². The van der Waals surface area contributed by atoms with Gasteiger partial charge >= 0.3 is 5.76 Å². The molecule has 1 saturated heterocycles. The highest BCUT2D eigenvalue weighted by Gasteiger charge is 2.26. The topological polar surface area (TPSA) is 49.2 Å². The molecule has 0 amide bonds. The molecule has 0 radical (unpaired) electrons. The van der Waals surface area contributed by atoms with Crippen LogP contribution in [-0.4, -0.2) is 29.5 Å². The number of aryl methyl sites for hydroxylation is 2. The van der Waals surface area contributed by atoms with E-state index in [1.165, 1.54) is 55.6 Å². The molecular formula is C23H28N2O2. The van der Waals surface area contributed by atoms with Gasteiger partial charge in [0.2, 0.25) is 0 Å². The Morgan fingerprint density at radius 3 is 2.56 bits per heavy atom. The molecule has 3 aromatic rings. The molecule has 4 rings (SSSR count). The number of rotatable bonds is 8. The molecule has 1 aromatic heterocycles. The molecule has 1 fully saturated rings. The van der Waals surface area contributed by atoms with Gasteiger partial charge < -0.3 is 9.32 Å². The summed E-state index contributed by atoms with van der Waals surface area (Å²) in [5, 5.41) is 0. The molecule has 0 spiro atoms. The van der Waals surface area contributed by atoms with Crippen molar-refractivity contribution in [1.82, 2.24) is 9.88 Å². The lowest BCUT2D eigenvalue weighted by atomic mass is 9.91. The highest BCUT2D eigenvalue weighted by Crippen LogP contribution is 2.22. The van der Waals surface area contributed by atoms with Gasteiger partial charge in [-0.15, -0.1) is 0 Å². The average molecular weight is 364 g/mol. The van der Waals surface area contributed by atoms with Crippen LogP contribution in [0.5, 0.6) is 0 Å². The predicted octanol–water partition coefficient (Wildman–Crippen LogP) is 4.18. The van der Waals surface area contributed by atoms with Crippen LogP contribution in [0.25, 0.3) is 11.1 Å². The number of nitrogens with one attached hydrogen (secondary N) is 1. The normalized spacial score (nSPS) is 15.3. The molecule has 1 aliphatic heterocycles. The van der Waals surface area contributed by atoms with Crippen LogP contribution in [-0.2, 0) is 19.3 Å². The van der Waals surface area contributed by atoms with Crippen molar-refractivity contribution in [3.63, 3.8) is 0 Å². The third-order valence-corrected chi connectivity index (χ3v) is 5.66. The van der Waals surface area contributed by atoms with Crippen LogP contribution in [0.4, 0.5) is 0 Å². The number of aromatic nitrogens is 1. The van der Waals surface area contributed by atoms with Gasteiger partial charge in [-0.05, 0) is 73.4 Å². The van der Waals surface area contributed by atoms with Crippen LogP contribution < -0.4 is 5.76 Å². The summed E-state index contributed by atoms with van der Waals surface area (Å²) in [6.45, 7) is 5.78. The van der Waals surface area contributed by atoms with E-state index in [-0.39, 0.29) is 5.76 Å². The van der Waals surface area contributed by atoms with Gasteiger partial charge in [-0.3, -0.25) is 4.98 Å². The molecule has 142 valence electrons. The zero-order valence-electron chi connectivity index (χ0n) is 16.0. The lowest BCUT2D eigenvalue weighted by molar-refractivity contribution is 0.0987. The fraction of sp³-hybridized carbons (Fsp3) is 0.435. The average Bonchev–Trinajstić information content (AvgIpc) is 3.02. The summed E-state index contributed by atoms with van der Waals surface area (Å²) in [6.07, 6.45) is 5.90. The molecule has 4 nitrogen and oxygen atoms in total. The van der Waals surface area contributed by atoms with E-state index in [2.05, 4.69) is 47.1 Å². The van der Waals surface area contributed by atoms with Crippen LogP contribution in [0, 0.1) is 5.92 Å². The summed E-state index contributed by atoms with van der Waals surface area (Å²) >= 11 is 0. The fourth-order valence-corrected chi connectivity index (χ4v) is 4.05. The van der Waals surface area contributed by atoms with Crippen molar-refractivity contribution in [1.29, 1.82) is 0 Å². The van der Waals surface area contributed by atoms with Gasteiger partial charge in [-0.1, -0.05) is 37.3 Å². The van der Waals surface area contributed by atoms with E-state index in [0.29, 0.717) is 5.58 Å². The maximum atomic E-state index is 11.2. The number of nitrogens with zero attached hydrogens (tertiary/aromatic N) is 1. The maximum absolute atomic E-state index is 11.2. The molecule has 0 unspecified atom stereocenters. The van der Waals surface area contributed by atoms with E-state index in [0.717, 1.165) is 24.3 Å². The Morgan fingerprint density at radius 1 is 1.04 bits per heavy atom. The first kappa shape index (κ1) is 18.1. The first-order chi connectivity index (χ1) is 13.2. The minimum absolute atomic E-state index is 0.377. The van der Waals surface area contributed by atoms with E-state index in [9.17, 15) is 4.79 Å². The molecule has 0 saturated carbocycles. The second-order valence-electron chi connectivity index (χ2n) is 7.80. The van der Waals surface area contributed by atoms with Crippen LogP contribution in [0.15, 0.2) is 51.7 Å². The highest BCUT2D eigenvalue weighted by molar-refractivity contribution is 5.72. The molecule has 4 heteroatoms. The van der Waals surface area contributed by atoms with Crippen molar-refractivity contribution in [3.05, 3.63) is 69.7 Å². The zero-order valence-corrected chi connectivity index (χ0v) is 16.0. The van der Waals surface area contributed by atoms with E-state index in [4.69, 9.17) is 4.42 Å². The molecule has 0 bridgehead atoms. The Hall–Kier alpha value is -2.33. The Balaban J connectivity index is 1.15. The summed E-state index contributed by atoms with van der Waals surface area (Å²) in [7, 11) is 0. The first-order valence-corrected chi connectivity index (χ1v) is 10.1. The summed E-state index contributed by atoms with van der Waals surface area (Å²) in [6, 6.07) is 15.1. The fourth-order valence-electron chi connectivity index (χ4n) is 4.05. The van der Waals surface area contributed by atoms with Crippen LogP contribution in [0.1, 0.15) is 36.5 Å². The number of hydrogen-bond acceptors (Lipinski definition) is 3. The number of oxazole rings is 1. The maximum Gasteiger partial charge on any atom is 0.417 e. The summed E-state index contributed by atoms with van der Waals surface area (Å²) in [5.41, 5.74) is 5.61. The number of fused-ring (bicyclic) bond motifs is 1. The van der Waals surface area contributed by atoms with E-state index in [1.54, 1.807) is 0 Å². The Bertz CT molecular complexity index is 933. The third kappa shape index (κ3) is 4.51. The van der Waals surface area contributed by atoms with Crippen LogP contribution in [0.3, 0.4) is 0 Å². The SMILES string of the molecule is CCc1ccc(CCCCN2CC(Cc3ccc4oc(=O)[nH]c4c3)C2)cc1. The molecule has 0 aliphatic carbocycles. The molecule has 1 aliphatic rings. The van der Waals surface area contributed by atoms with Crippen molar-refractivity contribution >= 4 is 11.1 Å². The third-order valence-electron chi connectivity index (χ3n) is 5.66. The van der Waals surface area contributed by atoms with Gasteiger partial charge in [0.25, 0.3) is 0 Å². The second kappa shape index (κ2) is 8.13. The monoisotopic (exact) mass is 364 g/mol. The van der Waals surface area contributed by atoms with E-state index < -0.39 is 0 Å². The molecule has 27 heavy (non-hydrogen) atoms. The van der Waals surface area contributed by atoms with Gasteiger partial charge in [-0.2, -0.15) is 0 Å². The summed E-state index contributed by atoms with van der Waals surface area (Å²) < 4.78 is 5.06. The Morgan fingerprint density at radius 2 is 1.78 bits per heavy atom. The van der Waals surface area contributed by atoms with Gasteiger partial charge in [0, 0.05) is 13.1 Å².